The van der Waals surface area contributed by atoms with E-state index in [1.807, 2.05) is 18.2 Å². The highest BCUT2D eigenvalue weighted by molar-refractivity contribution is 5.19. The van der Waals surface area contributed by atoms with Gasteiger partial charge in [-0.15, -0.1) is 0 Å². The minimum Gasteiger partial charge on any atom is -0.313 e. The molecule has 1 unspecified atom stereocenters. The Morgan fingerprint density at radius 2 is 1.75 bits per heavy atom. The minimum absolute atomic E-state index is 0.352. The zero-order chi connectivity index (χ0) is 14.4. The van der Waals surface area contributed by atoms with E-state index in [0.717, 1.165) is 19.0 Å². The molecule has 0 amide bonds. The van der Waals surface area contributed by atoms with Crippen molar-refractivity contribution in [3.8, 4) is 0 Å². The molecular formula is C17H19F2N. The summed E-state index contributed by atoms with van der Waals surface area (Å²) in [5.41, 5.74) is 1.67. The summed E-state index contributed by atoms with van der Waals surface area (Å²) >= 11 is 0. The first-order valence-electron chi connectivity index (χ1n) is 6.87. The van der Waals surface area contributed by atoms with Gasteiger partial charge in [-0.25, -0.2) is 8.78 Å². The van der Waals surface area contributed by atoms with Crippen LogP contribution < -0.4 is 5.32 Å². The summed E-state index contributed by atoms with van der Waals surface area (Å²) < 4.78 is 26.5. The Kier molecular flexibility index (Phi) is 5.24. The van der Waals surface area contributed by atoms with E-state index in [1.165, 1.54) is 11.6 Å². The fourth-order valence-electron chi connectivity index (χ4n) is 2.17. The fraction of sp³-hybridized carbons (Fsp3) is 0.294. The Bertz CT molecular complexity index is 540. The van der Waals surface area contributed by atoms with E-state index in [-0.39, 0.29) is 0 Å². The second-order valence-corrected chi connectivity index (χ2v) is 4.99. The van der Waals surface area contributed by atoms with Crippen molar-refractivity contribution in [2.45, 2.75) is 25.8 Å². The van der Waals surface area contributed by atoms with Gasteiger partial charge in [-0.2, -0.15) is 0 Å². The molecule has 0 aromatic heterocycles. The van der Waals surface area contributed by atoms with E-state index < -0.39 is 11.6 Å². The Hall–Kier alpha value is -1.74. The lowest BCUT2D eigenvalue weighted by Gasteiger charge is -2.12. The van der Waals surface area contributed by atoms with Crippen LogP contribution in [0.25, 0.3) is 0 Å². The Labute approximate surface area is 118 Å². The van der Waals surface area contributed by atoms with Gasteiger partial charge in [0.25, 0.3) is 0 Å². The van der Waals surface area contributed by atoms with Crippen LogP contribution in [0.15, 0.2) is 48.5 Å². The van der Waals surface area contributed by atoms with Gasteiger partial charge >= 0.3 is 0 Å². The number of hydrogen-bond donors (Lipinski definition) is 1. The molecule has 0 radical (unpaired) electrons. The zero-order valence-corrected chi connectivity index (χ0v) is 11.6. The third-order valence-corrected chi connectivity index (χ3v) is 3.47. The number of nitrogens with one attached hydrogen (secondary N) is 1. The van der Waals surface area contributed by atoms with Crippen molar-refractivity contribution in [1.29, 1.82) is 0 Å². The fourth-order valence-corrected chi connectivity index (χ4v) is 2.17. The molecule has 0 fully saturated rings. The van der Waals surface area contributed by atoms with Crippen molar-refractivity contribution in [3.63, 3.8) is 0 Å². The van der Waals surface area contributed by atoms with E-state index >= 15 is 0 Å². The van der Waals surface area contributed by atoms with Crippen LogP contribution in [0.1, 0.15) is 30.4 Å². The number of benzene rings is 2. The molecule has 0 aliphatic rings. The van der Waals surface area contributed by atoms with Crippen LogP contribution in [0.3, 0.4) is 0 Å². The summed E-state index contributed by atoms with van der Waals surface area (Å²) in [7, 11) is 0. The number of rotatable bonds is 6. The normalized spacial score (nSPS) is 12.3. The van der Waals surface area contributed by atoms with Crippen molar-refractivity contribution in [2.75, 3.05) is 6.54 Å². The van der Waals surface area contributed by atoms with Crippen LogP contribution in [-0.2, 0) is 6.54 Å². The second kappa shape index (κ2) is 7.15. The van der Waals surface area contributed by atoms with Crippen molar-refractivity contribution in [2.24, 2.45) is 0 Å². The molecule has 0 saturated heterocycles. The highest BCUT2D eigenvalue weighted by Gasteiger charge is 2.08. The van der Waals surface area contributed by atoms with Crippen molar-refractivity contribution < 1.29 is 8.78 Å². The van der Waals surface area contributed by atoms with Crippen LogP contribution >= 0.6 is 0 Å². The first kappa shape index (κ1) is 14.7. The van der Waals surface area contributed by atoms with Crippen LogP contribution in [0, 0.1) is 11.6 Å². The molecule has 2 aromatic carbocycles. The molecule has 106 valence electrons. The van der Waals surface area contributed by atoms with Crippen LogP contribution in [0.2, 0.25) is 0 Å². The van der Waals surface area contributed by atoms with Gasteiger partial charge in [0.1, 0.15) is 0 Å². The molecule has 0 aliphatic heterocycles. The lowest BCUT2D eigenvalue weighted by molar-refractivity contribution is 0.490. The predicted octanol–water partition coefficient (Wildman–Crippen LogP) is 4.25. The van der Waals surface area contributed by atoms with Gasteiger partial charge in [0.2, 0.25) is 0 Å². The second-order valence-electron chi connectivity index (χ2n) is 4.99. The highest BCUT2D eigenvalue weighted by Crippen LogP contribution is 2.17. The highest BCUT2D eigenvalue weighted by atomic mass is 19.2. The lowest BCUT2D eigenvalue weighted by Crippen LogP contribution is -2.17. The molecule has 20 heavy (non-hydrogen) atoms. The average Bonchev–Trinajstić information content (AvgIpc) is 2.48. The molecule has 2 rings (SSSR count). The van der Waals surface area contributed by atoms with Gasteiger partial charge in [-0.05, 0) is 30.5 Å². The van der Waals surface area contributed by atoms with E-state index in [9.17, 15) is 8.78 Å². The molecule has 1 nitrogen and oxygen atoms in total. The van der Waals surface area contributed by atoms with Crippen molar-refractivity contribution in [1.82, 2.24) is 5.32 Å². The summed E-state index contributed by atoms with van der Waals surface area (Å²) in [5, 5.41) is 3.16. The molecule has 3 heteroatoms. The number of halogens is 2. The molecule has 0 aliphatic carbocycles. The largest absolute Gasteiger partial charge is 0.313 e. The summed E-state index contributed by atoms with van der Waals surface area (Å²) in [6.45, 7) is 3.29. The third-order valence-electron chi connectivity index (χ3n) is 3.47. The maximum Gasteiger partial charge on any atom is 0.163 e. The van der Waals surface area contributed by atoms with Crippen molar-refractivity contribution in [3.05, 3.63) is 71.3 Å². The van der Waals surface area contributed by atoms with Gasteiger partial charge in [-0.1, -0.05) is 49.4 Å². The summed E-state index contributed by atoms with van der Waals surface area (Å²) in [4.78, 5) is 0. The van der Waals surface area contributed by atoms with E-state index in [4.69, 9.17) is 0 Å². The number of hydrogen-bond acceptors (Lipinski definition) is 1. The molecule has 0 saturated carbocycles. The molecule has 0 bridgehead atoms. The van der Waals surface area contributed by atoms with E-state index in [1.54, 1.807) is 6.07 Å². The maximum absolute atomic E-state index is 13.4. The quantitative estimate of drug-likeness (QED) is 0.777. The standard InChI is InChI=1S/C17H19F2N/c1-13(14-6-3-2-4-7-14)10-11-20-12-15-8-5-9-16(18)17(15)19/h2-9,13,20H,10-12H2,1H3. The maximum atomic E-state index is 13.4. The molecule has 1 atom stereocenters. The van der Waals surface area contributed by atoms with Gasteiger partial charge in [0.05, 0.1) is 0 Å². The Morgan fingerprint density at radius 3 is 2.50 bits per heavy atom. The molecule has 1 N–H and O–H groups in total. The third kappa shape index (κ3) is 3.87. The predicted molar refractivity (Wildman–Crippen MR) is 77.5 cm³/mol. The van der Waals surface area contributed by atoms with Gasteiger partial charge in [0, 0.05) is 12.1 Å². The zero-order valence-electron chi connectivity index (χ0n) is 11.6. The van der Waals surface area contributed by atoms with Crippen LogP contribution in [0.5, 0.6) is 0 Å². The molecule has 0 heterocycles. The van der Waals surface area contributed by atoms with Gasteiger partial charge < -0.3 is 5.32 Å². The first-order chi connectivity index (χ1) is 9.68. The monoisotopic (exact) mass is 275 g/mol. The topological polar surface area (TPSA) is 12.0 Å². The molecular weight excluding hydrogens is 256 g/mol. The lowest BCUT2D eigenvalue weighted by atomic mass is 9.98. The Morgan fingerprint density at radius 1 is 1.00 bits per heavy atom. The van der Waals surface area contributed by atoms with Gasteiger partial charge in [0.15, 0.2) is 11.6 Å². The SMILES string of the molecule is CC(CCNCc1cccc(F)c1F)c1ccccc1. The Balaban J connectivity index is 1.78. The average molecular weight is 275 g/mol. The summed E-state index contributed by atoms with van der Waals surface area (Å²) in [5.74, 6) is -1.10. The summed E-state index contributed by atoms with van der Waals surface area (Å²) in [6.07, 6.45) is 0.959. The molecule has 0 spiro atoms. The van der Waals surface area contributed by atoms with Crippen LogP contribution in [-0.4, -0.2) is 6.54 Å². The van der Waals surface area contributed by atoms with E-state index in [2.05, 4.69) is 24.4 Å². The minimum atomic E-state index is -0.790. The van der Waals surface area contributed by atoms with E-state index in [0.29, 0.717) is 18.0 Å². The summed E-state index contributed by atoms with van der Waals surface area (Å²) in [6, 6.07) is 14.5. The smallest absolute Gasteiger partial charge is 0.163 e. The van der Waals surface area contributed by atoms with Crippen molar-refractivity contribution >= 4 is 0 Å². The van der Waals surface area contributed by atoms with Crippen LogP contribution in [0.4, 0.5) is 8.78 Å². The van der Waals surface area contributed by atoms with Gasteiger partial charge in [-0.3, -0.25) is 0 Å². The molecule has 2 aromatic rings. The first-order valence-corrected chi connectivity index (χ1v) is 6.87.